The van der Waals surface area contributed by atoms with Gasteiger partial charge in [0.05, 0.1) is 12.2 Å². The number of nitrogens with one attached hydrogen (secondary N) is 2. The average molecular weight is 709 g/mol. The number of rotatable bonds is 15. The van der Waals surface area contributed by atoms with Crippen LogP contribution in [-0.2, 0) is 28.7 Å². The minimum atomic E-state index is -1.47. The number of aliphatic hydroxyl groups excluding tert-OH is 2. The van der Waals surface area contributed by atoms with Crippen LogP contribution in [0.15, 0.2) is 0 Å². The van der Waals surface area contributed by atoms with E-state index in [0.717, 1.165) is 51.4 Å². The summed E-state index contributed by atoms with van der Waals surface area (Å²) in [6, 6.07) is -3.64. The molecule has 2 amide bonds. The summed E-state index contributed by atoms with van der Waals surface area (Å²) in [6.07, 6.45) is 7.53. The number of aliphatic hydroxyl groups is 2. The molecule has 284 valence electrons. The molecule has 4 unspecified atom stereocenters. The maximum absolute atomic E-state index is 12.6. The molecule has 0 radical (unpaired) electrons. The summed E-state index contributed by atoms with van der Waals surface area (Å²) >= 11 is 0. The van der Waals surface area contributed by atoms with E-state index in [9.17, 15) is 44.4 Å². The second-order valence-electron chi connectivity index (χ2n) is 16.6. The van der Waals surface area contributed by atoms with Crippen LogP contribution in [0.1, 0.15) is 118 Å². The number of urea groups is 1. The number of aliphatic carboxylic acids is 2. The zero-order valence-electron chi connectivity index (χ0n) is 30.4. The third-order valence-electron chi connectivity index (χ3n) is 13.3. The van der Waals surface area contributed by atoms with E-state index < -0.39 is 54.9 Å². The van der Waals surface area contributed by atoms with Gasteiger partial charge in [0.1, 0.15) is 12.1 Å². The smallest absolute Gasteiger partial charge is 0.326 e. The highest BCUT2D eigenvalue weighted by Crippen LogP contribution is 2.68. The van der Waals surface area contributed by atoms with Crippen molar-refractivity contribution in [2.75, 3.05) is 6.79 Å². The first-order chi connectivity index (χ1) is 23.5. The Morgan fingerprint density at radius 2 is 1.40 bits per heavy atom. The number of ether oxygens (including phenoxy) is 2. The van der Waals surface area contributed by atoms with E-state index in [2.05, 4.69) is 31.4 Å². The number of hydrogen-bond acceptors (Lipinski definition) is 9. The molecule has 0 aliphatic heterocycles. The van der Waals surface area contributed by atoms with E-state index in [1.807, 2.05) is 0 Å². The zero-order valence-corrected chi connectivity index (χ0v) is 30.4. The van der Waals surface area contributed by atoms with Crippen molar-refractivity contribution in [2.45, 2.75) is 142 Å². The van der Waals surface area contributed by atoms with E-state index >= 15 is 0 Å². The lowest BCUT2D eigenvalue weighted by molar-refractivity contribution is -0.175. The Bertz CT molecular complexity index is 1240. The van der Waals surface area contributed by atoms with Crippen molar-refractivity contribution in [1.82, 2.24) is 10.6 Å². The first-order valence-electron chi connectivity index (χ1n) is 18.7. The molecule has 0 aromatic rings. The molecule has 0 aromatic carbocycles. The number of esters is 2. The molecular weight excluding hydrogens is 648 g/mol. The van der Waals surface area contributed by atoms with Crippen LogP contribution in [-0.4, -0.2) is 81.4 Å². The third kappa shape index (κ3) is 8.92. The fraction of sp³-hybridized carbons (Fsp3) is 0.865. The number of carbonyl (C=O) groups is 5. The van der Waals surface area contributed by atoms with E-state index in [1.54, 1.807) is 13.8 Å². The van der Waals surface area contributed by atoms with Gasteiger partial charge in [0, 0.05) is 12.8 Å². The minimum absolute atomic E-state index is 0.0239. The van der Waals surface area contributed by atoms with Gasteiger partial charge in [-0.2, -0.15) is 0 Å². The maximum Gasteiger partial charge on any atom is 0.326 e. The molecule has 4 saturated carbocycles. The summed E-state index contributed by atoms with van der Waals surface area (Å²) in [5.41, 5.74) is -0.0417. The van der Waals surface area contributed by atoms with Crippen molar-refractivity contribution in [3.63, 3.8) is 0 Å². The van der Waals surface area contributed by atoms with E-state index in [1.165, 1.54) is 0 Å². The van der Waals surface area contributed by atoms with Gasteiger partial charge in [-0.25, -0.2) is 14.4 Å². The highest BCUT2D eigenvalue weighted by Gasteiger charge is 2.63. The van der Waals surface area contributed by atoms with Crippen LogP contribution in [0, 0.1) is 52.3 Å². The molecule has 4 rings (SSSR count). The van der Waals surface area contributed by atoms with Crippen LogP contribution < -0.4 is 10.6 Å². The largest absolute Gasteiger partial charge is 0.480 e. The molecule has 4 fully saturated rings. The van der Waals surface area contributed by atoms with Crippen LogP contribution in [0.2, 0.25) is 0 Å². The van der Waals surface area contributed by atoms with Gasteiger partial charge in [0.2, 0.25) is 6.79 Å². The van der Waals surface area contributed by atoms with Gasteiger partial charge in [-0.1, -0.05) is 34.6 Å². The molecule has 4 aliphatic rings. The number of carbonyl (C=O) groups excluding carboxylic acids is 3. The molecule has 4 aliphatic carbocycles. The van der Waals surface area contributed by atoms with Gasteiger partial charge in [-0.3, -0.25) is 9.59 Å². The van der Waals surface area contributed by atoms with Crippen LogP contribution in [0.25, 0.3) is 0 Å². The lowest BCUT2D eigenvalue weighted by atomic mass is 9.43. The number of hydrogen-bond donors (Lipinski definition) is 6. The zero-order chi connectivity index (χ0) is 37.0. The van der Waals surface area contributed by atoms with Crippen molar-refractivity contribution < 1.29 is 53.9 Å². The van der Waals surface area contributed by atoms with Crippen molar-refractivity contribution in [2.24, 2.45) is 52.3 Å². The van der Waals surface area contributed by atoms with Crippen LogP contribution >= 0.6 is 0 Å². The molecule has 50 heavy (non-hydrogen) atoms. The van der Waals surface area contributed by atoms with Crippen molar-refractivity contribution in [3.05, 3.63) is 0 Å². The molecule has 0 spiro atoms. The number of amides is 2. The molecule has 13 nitrogen and oxygen atoms in total. The number of fused-ring (bicyclic) bond motifs is 5. The van der Waals surface area contributed by atoms with Crippen LogP contribution in [0.5, 0.6) is 0 Å². The first-order valence-corrected chi connectivity index (χ1v) is 18.7. The minimum Gasteiger partial charge on any atom is -0.480 e. The summed E-state index contributed by atoms with van der Waals surface area (Å²) < 4.78 is 10.1. The monoisotopic (exact) mass is 708 g/mol. The molecule has 12 atom stereocenters. The topological polar surface area (TPSA) is 209 Å². The Hall–Kier alpha value is -2.93. The van der Waals surface area contributed by atoms with Gasteiger partial charge in [0.25, 0.3) is 0 Å². The first kappa shape index (κ1) is 39.8. The average Bonchev–Trinajstić information content (AvgIpc) is 3.40. The molecule has 6 N–H and O–H groups in total. The number of carboxylic acid groups (broad SMARTS) is 2. The van der Waals surface area contributed by atoms with Gasteiger partial charge in [0.15, 0.2) is 0 Å². The normalized spacial score (nSPS) is 35.0. The molecule has 0 bridgehead atoms. The molecule has 0 saturated heterocycles. The Balaban J connectivity index is 1.19. The Labute approximate surface area is 295 Å². The molecule has 0 aromatic heterocycles. The fourth-order valence-electron chi connectivity index (χ4n) is 10.6. The van der Waals surface area contributed by atoms with Gasteiger partial charge < -0.3 is 40.5 Å². The molecular formula is C37H60N2O11. The van der Waals surface area contributed by atoms with Gasteiger partial charge in [-0.05, 0) is 123 Å². The van der Waals surface area contributed by atoms with E-state index in [4.69, 9.17) is 9.47 Å². The van der Waals surface area contributed by atoms with E-state index in [-0.39, 0.29) is 60.4 Å². The van der Waals surface area contributed by atoms with Crippen molar-refractivity contribution >= 4 is 29.9 Å². The lowest BCUT2D eigenvalue weighted by Crippen LogP contribution is -2.58. The molecule has 0 heterocycles. The summed E-state index contributed by atoms with van der Waals surface area (Å²) in [7, 11) is 0. The SMILES string of the molecule is CC(C)C[C@H](NC(=O)N[C@@H](CCC(=O)OCOC(=O)CC[C@@H](C)[C@H]1CCC2C3CCC4C[C@H](O)CC[C@]4(C)C3C[C@H](O)[C@@]21C)C(=O)O)C(=O)O. The van der Waals surface area contributed by atoms with Crippen molar-refractivity contribution in [3.8, 4) is 0 Å². The van der Waals surface area contributed by atoms with Gasteiger partial charge >= 0.3 is 29.9 Å². The number of carboxylic acids is 2. The Kier molecular flexibility index (Phi) is 13.2. The Morgan fingerprint density at radius 1 is 0.780 bits per heavy atom. The quantitative estimate of drug-likeness (QED) is 0.103. The third-order valence-corrected chi connectivity index (χ3v) is 13.3. The highest BCUT2D eigenvalue weighted by molar-refractivity contribution is 5.86. The second-order valence-corrected chi connectivity index (χ2v) is 16.6. The molecule has 13 heteroatoms. The predicted octanol–water partition coefficient (Wildman–Crippen LogP) is 4.47. The summed E-state index contributed by atoms with van der Waals surface area (Å²) in [5, 5.41) is 45.3. The van der Waals surface area contributed by atoms with E-state index in [0.29, 0.717) is 30.1 Å². The lowest BCUT2D eigenvalue weighted by Gasteiger charge is -2.62. The van der Waals surface area contributed by atoms with Gasteiger partial charge in [-0.15, -0.1) is 0 Å². The predicted molar refractivity (Wildman–Crippen MR) is 181 cm³/mol. The second kappa shape index (κ2) is 16.6. The van der Waals surface area contributed by atoms with Crippen LogP contribution in [0.4, 0.5) is 4.79 Å². The summed E-state index contributed by atoms with van der Waals surface area (Å²) in [6.45, 7) is 9.78. The maximum atomic E-state index is 12.6. The summed E-state index contributed by atoms with van der Waals surface area (Å²) in [4.78, 5) is 60.0. The standard InChI is InChI=1S/C37H60N2O11/c1-20(2)16-29(34(46)47)39-35(48)38-28(33(44)45)11-13-32(43)50-19-49-31(42)12-6-21(3)25-9-10-26-24-8-7-22-17-23(40)14-15-36(22,4)27(24)18-30(41)37(25,26)5/h20-30,40-41H,6-19H2,1-5H3,(H,44,45)(H,46,47)(H2,38,39,48)/t21-,22?,23-,24?,25-,26?,27?,28+,29+,30+,36+,37-/m1/s1. The Morgan fingerprint density at radius 3 is 2.02 bits per heavy atom. The van der Waals surface area contributed by atoms with Crippen molar-refractivity contribution in [1.29, 1.82) is 0 Å². The highest BCUT2D eigenvalue weighted by atomic mass is 16.7. The van der Waals surface area contributed by atoms with Crippen LogP contribution in [0.3, 0.4) is 0 Å². The summed E-state index contributed by atoms with van der Waals surface area (Å²) in [5.74, 6) is -1.53. The fourth-order valence-corrected chi connectivity index (χ4v) is 10.6.